The predicted octanol–water partition coefficient (Wildman–Crippen LogP) is 1.65. The molecule has 0 fully saturated rings. The molecule has 0 unspecified atom stereocenters. The predicted molar refractivity (Wildman–Crippen MR) is 63.5 cm³/mol. The van der Waals surface area contributed by atoms with E-state index in [-0.39, 0.29) is 12.4 Å². The highest BCUT2D eigenvalue weighted by molar-refractivity contribution is 5.71. The molecule has 0 saturated heterocycles. The molecule has 2 rings (SSSR count). The van der Waals surface area contributed by atoms with Gasteiger partial charge in [-0.3, -0.25) is 4.79 Å². The second-order valence-electron chi connectivity index (χ2n) is 3.78. The Bertz CT molecular complexity index is 491. The first kappa shape index (κ1) is 11.4. The Morgan fingerprint density at radius 3 is 2.82 bits per heavy atom. The Hall–Kier alpha value is -2.10. The molecule has 4 nitrogen and oxygen atoms in total. The first-order valence-corrected chi connectivity index (χ1v) is 5.39. The average Bonchev–Trinajstić information content (AvgIpc) is 2.77. The number of carbonyl (C=O) groups is 1. The number of nitrogens with zero attached hydrogens (tertiary/aromatic N) is 2. The van der Waals surface area contributed by atoms with Crippen LogP contribution < -0.4 is 0 Å². The summed E-state index contributed by atoms with van der Waals surface area (Å²) in [4.78, 5) is 15.2. The summed E-state index contributed by atoms with van der Waals surface area (Å²) in [6.07, 6.45) is 3.81. The van der Waals surface area contributed by atoms with Gasteiger partial charge in [-0.25, -0.2) is 4.98 Å². The van der Waals surface area contributed by atoms with E-state index in [2.05, 4.69) is 21.9 Å². The molecule has 1 aromatic heterocycles. The largest absolute Gasteiger partial charge is 0.469 e. The molecule has 0 bridgehead atoms. The molecule has 2 aromatic rings. The molecule has 0 aliphatic carbocycles. The number of rotatable bonds is 4. The quantitative estimate of drug-likeness (QED) is 0.750. The Kier molecular flexibility index (Phi) is 3.55. The van der Waals surface area contributed by atoms with Crippen LogP contribution in [0.1, 0.15) is 11.3 Å². The van der Waals surface area contributed by atoms with Crippen molar-refractivity contribution in [3.05, 3.63) is 54.1 Å². The van der Waals surface area contributed by atoms with Gasteiger partial charge < -0.3 is 9.30 Å². The van der Waals surface area contributed by atoms with E-state index in [1.807, 2.05) is 29.0 Å². The Morgan fingerprint density at radius 2 is 2.12 bits per heavy atom. The molecule has 88 valence electrons. The molecule has 1 aromatic carbocycles. The number of hydrogen-bond donors (Lipinski definition) is 0. The van der Waals surface area contributed by atoms with Crippen molar-refractivity contribution < 1.29 is 9.53 Å². The summed E-state index contributed by atoms with van der Waals surface area (Å²) in [7, 11) is 1.38. The standard InChI is InChI=1S/C13H14N2O2/c1-17-13(16)7-12-9-15(10-14-12)8-11-5-3-2-4-6-11/h2-6,9-10H,7-8H2,1H3. The SMILES string of the molecule is COC(=O)Cc1cn(Cc2ccccc2)cn1. The van der Waals surface area contributed by atoms with E-state index in [9.17, 15) is 4.79 Å². The molecule has 0 N–H and O–H groups in total. The number of hydrogen-bond acceptors (Lipinski definition) is 3. The van der Waals surface area contributed by atoms with Gasteiger partial charge in [0.2, 0.25) is 0 Å². The molecule has 1 heterocycles. The van der Waals surface area contributed by atoms with Gasteiger partial charge in [0.15, 0.2) is 0 Å². The van der Waals surface area contributed by atoms with Crippen LogP contribution in [0, 0.1) is 0 Å². The fourth-order valence-corrected chi connectivity index (χ4v) is 1.60. The van der Waals surface area contributed by atoms with Gasteiger partial charge >= 0.3 is 5.97 Å². The van der Waals surface area contributed by atoms with Crippen LogP contribution in [0.25, 0.3) is 0 Å². The van der Waals surface area contributed by atoms with Crippen molar-refractivity contribution in [2.75, 3.05) is 7.11 Å². The summed E-state index contributed by atoms with van der Waals surface area (Å²) in [6.45, 7) is 0.759. The van der Waals surface area contributed by atoms with Crippen LogP contribution in [-0.4, -0.2) is 22.6 Å². The summed E-state index contributed by atoms with van der Waals surface area (Å²) in [6, 6.07) is 10.1. The maximum absolute atomic E-state index is 11.1. The highest BCUT2D eigenvalue weighted by Gasteiger charge is 2.05. The summed E-state index contributed by atoms with van der Waals surface area (Å²) < 4.78 is 6.55. The van der Waals surface area contributed by atoms with Crippen molar-refractivity contribution >= 4 is 5.97 Å². The maximum atomic E-state index is 11.1. The third-order valence-electron chi connectivity index (χ3n) is 2.45. The van der Waals surface area contributed by atoms with E-state index >= 15 is 0 Å². The van der Waals surface area contributed by atoms with Gasteiger partial charge in [0.25, 0.3) is 0 Å². The normalized spacial score (nSPS) is 10.2. The minimum atomic E-state index is -0.269. The van der Waals surface area contributed by atoms with Crippen LogP contribution in [-0.2, 0) is 22.5 Å². The van der Waals surface area contributed by atoms with E-state index in [1.165, 1.54) is 12.7 Å². The number of benzene rings is 1. The van der Waals surface area contributed by atoms with E-state index in [0.717, 1.165) is 12.2 Å². The minimum absolute atomic E-state index is 0.221. The first-order chi connectivity index (χ1) is 8.28. The lowest BCUT2D eigenvalue weighted by Gasteiger charge is -2.01. The highest BCUT2D eigenvalue weighted by Crippen LogP contribution is 2.04. The molecule has 0 radical (unpaired) electrons. The van der Waals surface area contributed by atoms with Crippen molar-refractivity contribution in [1.29, 1.82) is 0 Å². The smallest absolute Gasteiger partial charge is 0.311 e. The molecule has 0 amide bonds. The zero-order valence-electron chi connectivity index (χ0n) is 9.67. The van der Waals surface area contributed by atoms with Crippen molar-refractivity contribution in [3.8, 4) is 0 Å². The van der Waals surface area contributed by atoms with E-state index in [0.29, 0.717) is 0 Å². The van der Waals surface area contributed by atoms with Crippen molar-refractivity contribution in [3.63, 3.8) is 0 Å². The fraction of sp³-hybridized carbons (Fsp3) is 0.231. The van der Waals surface area contributed by atoms with Gasteiger partial charge in [0, 0.05) is 12.7 Å². The summed E-state index contributed by atoms with van der Waals surface area (Å²) in [5.74, 6) is -0.269. The maximum Gasteiger partial charge on any atom is 0.311 e. The lowest BCUT2D eigenvalue weighted by molar-refractivity contribution is -0.139. The molecule has 17 heavy (non-hydrogen) atoms. The van der Waals surface area contributed by atoms with Gasteiger partial charge in [0.1, 0.15) is 0 Å². The van der Waals surface area contributed by atoms with Crippen molar-refractivity contribution in [2.24, 2.45) is 0 Å². The second kappa shape index (κ2) is 5.30. The van der Waals surface area contributed by atoms with Gasteiger partial charge in [-0.1, -0.05) is 30.3 Å². The molecule has 0 spiro atoms. The fourth-order valence-electron chi connectivity index (χ4n) is 1.60. The average molecular weight is 230 g/mol. The van der Waals surface area contributed by atoms with Gasteiger partial charge in [-0.15, -0.1) is 0 Å². The first-order valence-electron chi connectivity index (χ1n) is 5.39. The van der Waals surface area contributed by atoms with Crippen molar-refractivity contribution in [2.45, 2.75) is 13.0 Å². The number of methoxy groups -OCH3 is 1. The van der Waals surface area contributed by atoms with E-state index in [1.54, 1.807) is 6.33 Å². The molecule has 0 atom stereocenters. The zero-order valence-corrected chi connectivity index (χ0v) is 9.67. The van der Waals surface area contributed by atoms with Gasteiger partial charge in [-0.2, -0.15) is 0 Å². The van der Waals surface area contributed by atoms with Crippen molar-refractivity contribution in [1.82, 2.24) is 9.55 Å². The third kappa shape index (κ3) is 3.17. The number of ether oxygens (including phenoxy) is 1. The zero-order chi connectivity index (χ0) is 12.1. The Morgan fingerprint density at radius 1 is 1.35 bits per heavy atom. The van der Waals surface area contributed by atoms with Gasteiger partial charge in [-0.05, 0) is 5.56 Å². The molecule has 0 saturated carbocycles. The molecule has 0 aliphatic heterocycles. The summed E-state index contributed by atoms with van der Waals surface area (Å²) in [5, 5.41) is 0. The Labute approximate surface area is 99.9 Å². The molecule has 4 heteroatoms. The van der Waals surface area contributed by atoms with E-state index < -0.39 is 0 Å². The van der Waals surface area contributed by atoms with Crippen LogP contribution in [0.2, 0.25) is 0 Å². The van der Waals surface area contributed by atoms with Crippen LogP contribution in [0.3, 0.4) is 0 Å². The summed E-state index contributed by atoms with van der Waals surface area (Å²) >= 11 is 0. The van der Waals surface area contributed by atoms with Crippen LogP contribution in [0.5, 0.6) is 0 Å². The topological polar surface area (TPSA) is 44.1 Å². The lowest BCUT2D eigenvalue weighted by atomic mass is 10.2. The van der Waals surface area contributed by atoms with E-state index in [4.69, 9.17) is 0 Å². The summed E-state index contributed by atoms with van der Waals surface area (Å²) in [5.41, 5.74) is 1.93. The number of carbonyl (C=O) groups excluding carboxylic acids is 1. The lowest BCUT2D eigenvalue weighted by Crippen LogP contribution is -2.04. The highest BCUT2D eigenvalue weighted by atomic mass is 16.5. The monoisotopic (exact) mass is 230 g/mol. The molecular formula is C13H14N2O2. The molecular weight excluding hydrogens is 216 g/mol. The van der Waals surface area contributed by atoms with Gasteiger partial charge in [0.05, 0.1) is 25.6 Å². The van der Waals surface area contributed by atoms with Crippen LogP contribution in [0.4, 0.5) is 0 Å². The number of aromatic nitrogens is 2. The van der Waals surface area contributed by atoms with Crippen LogP contribution >= 0.6 is 0 Å². The minimum Gasteiger partial charge on any atom is -0.469 e. The number of esters is 1. The number of imidazole rings is 1. The molecule has 0 aliphatic rings. The second-order valence-corrected chi connectivity index (χ2v) is 3.78. The third-order valence-corrected chi connectivity index (χ3v) is 2.45. The van der Waals surface area contributed by atoms with Crippen LogP contribution in [0.15, 0.2) is 42.9 Å². The Balaban J connectivity index is 2.01.